The van der Waals surface area contributed by atoms with Crippen LogP contribution in [0.1, 0.15) is 65.5 Å². The SMILES string of the molecule is [2H]C([2H])([2H])[C@H](O)C([2H])([2H])CCCCCCC. The van der Waals surface area contributed by atoms with Crippen LogP contribution in [0.3, 0.4) is 0 Å². The van der Waals surface area contributed by atoms with Crippen molar-refractivity contribution in [3.05, 3.63) is 0 Å². The molecular weight excluding hydrogens is 136 g/mol. The lowest BCUT2D eigenvalue weighted by atomic mass is 10.1. The molecule has 1 heteroatoms. The highest BCUT2D eigenvalue weighted by molar-refractivity contribution is 4.48. The van der Waals surface area contributed by atoms with Crippen molar-refractivity contribution in [2.45, 2.75) is 64.8 Å². The summed E-state index contributed by atoms with van der Waals surface area (Å²) >= 11 is 0. The van der Waals surface area contributed by atoms with Gasteiger partial charge in [0.25, 0.3) is 0 Å². The summed E-state index contributed by atoms with van der Waals surface area (Å²) in [4.78, 5) is 0. The molecule has 1 nitrogen and oxygen atoms in total. The standard InChI is InChI=1S/C10H22O/c1-3-4-5-6-7-8-9-10(2)11/h10-11H,3-9H2,1-2H3/t10-/m0/s1/i2D3,9D2. The number of aliphatic hydroxyl groups excluding tert-OH is 1. The molecule has 11 heavy (non-hydrogen) atoms. The summed E-state index contributed by atoms with van der Waals surface area (Å²) in [7, 11) is 0. The zero-order valence-corrected chi connectivity index (χ0v) is 7.27. The molecular formula is C10H22O. The number of hydrogen-bond donors (Lipinski definition) is 1. The molecule has 0 spiro atoms. The van der Waals surface area contributed by atoms with Gasteiger partial charge in [0.05, 0.1) is 6.10 Å². The fourth-order valence-electron chi connectivity index (χ4n) is 0.967. The van der Waals surface area contributed by atoms with Gasteiger partial charge in [-0.25, -0.2) is 0 Å². The van der Waals surface area contributed by atoms with Crippen molar-refractivity contribution in [1.29, 1.82) is 0 Å². The van der Waals surface area contributed by atoms with Crippen LogP contribution in [0, 0.1) is 0 Å². The monoisotopic (exact) mass is 163 g/mol. The highest BCUT2D eigenvalue weighted by Crippen LogP contribution is 2.07. The van der Waals surface area contributed by atoms with Gasteiger partial charge in [-0.3, -0.25) is 0 Å². The molecule has 0 unspecified atom stereocenters. The first-order chi connectivity index (χ1) is 7.22. The van der Waals surface area contributed by atoms with Crippen molar-refractivity contribution in [2.24, 2.45) is 0 Å². The number of hydrogen-bond acceptors (Lipinski definition) is 1. The largest absolute Gasteiger partial charge is 0.393 e. The molecule has 0 rings (SSSR count). The van der Waals surface area contributed by atoms with Crippen LogP contribution in [0.4, 0.5) is 0 Å². The van der Waals surface area contributed by atoms with Crippen LogP contribution < -0.4 is 0 Å². The first-order valence-corrected chi connectivity index (χ1v) is 4.40. The maximum Gasteiger partial charge on any atom is 0.0512 e. The molecule has 0 amide bonds. The zero-order valence-electron chi connectivity index (χ0n) is 12.3. The second kappa shape index (κ2) is 8.06. The molecule has 0 aromatic carbocycles. The second-order valence-electron chi connectivity index (χ2n) is 2.77. The van der Waals surface area contributed by atoms with Crippen molar-refractivity contribution >= 4 is 0 Å². The number of rotatable bonds is 7. The Morgan fingerprint density at radius 1 is 1.27 bits per heavy atom. The van der Waals surface area contributed by atoms with E-state index in [1.54, 1.807) is 0 Å². The van der Waals surface area contributed by atoms with E-state index in [1.807, 2.05) is 0 Å². The zero-order chi connectivity index (χ0) is 12.8. The van der Waals surface area contributed by atoms with Gasteiger partial charge in [0.2, 0.25) is 0 Å². The van der Waals surface area contributed by atoms with Gasteiger partial charge in [-0.2, -0.15) is 0 Å². The molecule has 0 radical (unpaired) electrons. The average molecular weight is 163 g/mol. The molecule has 0 aliphatic heterocycles. The van der Waals surface area contributed by atoms with E-state index in [9.17, 15) is 5.11 Å². The van der Waals surface area contributed by atoms with Crippen molar-refractivity contribution in [3.63, 3.8) is 0 Å². The summed E-state index contributed by atoms with van der Waals surface area (Å²) < 4.78 is 36.0. The molecule has 68 valence electrons. The van der Waals surface area contributed by atoms with E-state index in [2.05, 4.69) is 6.92 Å². The lowest BCUT2D eigenvalue weighted by Gasteiger charge is -2.02. The van der Waals surface area contributed by atoms with E-state index in [0.717, 1.165) is 25.7 Å². The molecule has 0 saturated carbocycles. The van der Waals surface area contributed by atoms with Crippen LogP contribution in [-0.2, 0) is 0 Å². The van der Waals surface area contributed by atoms with E-state index in [4.69, 9.17) is 6.85 Å². The maximum absolute atomic E-state index is 9.38. The summed E-state index contributed by atoms with van der Waals surface area (Å²) in [5, 5.41) is 9.38. The summed E-state index contributed by atoms with van der Waals surface area (Å²) in [5.74, 6) is 0. The minimum Gasteiger partial charge on any atom is -0.393 e. The Morgan fingerprint density at radius 2 is 1.91 bits per heavy atom. The lowest BCUT2D eigenvalue weighted by Crippen LogP contribution is -1.98. The summed E-state index contributed by atoms with van der Waals surface area (Å²) in [5.41, 5.74) is 0. The van der Waals surface area contributed by atoms with Crippen molar-refractivity contribution in [1.82, 2.24) is 0 Å². The molecule has 0 saturated heterocycles. The van der Waals surface area contributed by atoms with Crippen molar-refractivity contribution < 1.29 is 12.0 Å². The Bertz CT molecular complexity index is 190. The van der Waals surface area contributed by atoms with Crippen molar-refractivity contribution in [3.8, 4) is 0 Å². The fraction of sp³-hybridized carbons (Fsp3) is 1.00. The Kier molecular flexibility index (Phi) is 3.56. The average Bonchev–Trinajstić information content (AvgIpc) is 2.15. The van der Waals surface area contributed by atoms with Crippen LogP contribution in [0.25, 0.3) is 0 Å². The Labute approximate surface area is 77.8 Å². The topological polar surface area (TPSA) is 20.2 Å². The van der Waals surface area contributed by atoms with Gasteiger partial charge < -0.3 is 5.11 Å². The Morgan fingerprint density at radius 3 is 2.55 bits per heavy atom. The van der Waals surface area contributed by atoms with Gasteiger partial charge in [0, 0.05) is 6.85 Å². The van der Waals surface area contributed by atoms with Gasteiger partial charge in [0.15, 0.2) is 0 Å². The molecule has 1 N–H and O–H groups in total. The first kappa shape index (κ1) is 4.86. The molecule has 1 atom stereocenters. The van der Waals surface area contributed by atoms with E-state index in [0.29, 0.717) is 6.42 Å². The molecule has 0 aromatic rings. The number of aliphatic hydroxyl groups is 1. The first-order valence-electron chi connectivity index (χ1n) is 6.90. The Hall–Kier alpha value is -0.0400. The van der Waals surface area contributed by atoms with Crippen LogP contribution >= 0.6 is 0 Å². The molecule has 0 aliphatic carbocycles. The number of unbranched alkanes of at least 4 members (excludes halogenated alkanes) is 4. The van der Waals surface area contributed by atoms with Crippen LogP contribution in [0.2, 0.25) is 0 Å². The van der Waals surface area contributed by atoms with Crippen LogP contribution in [0.15, 0.2) is 0 Å². The normalized spacial score (nSPS) is 22.5. The minimum absolute atomic E-state index is 0.107. The van der Waals surface area contributed by atoms with E-state index in [-0.39, 0.29) is 6.42 Å². The predicted octanol–water partition coefficient (Wildman–Crippen LogP) is 3.12. The van der Waals surface area contributed by atoms with E-state index < -0.39 is 19.3 Å². The summed E-state index contributed by atoms with van der Waals surface area (Å²) in [6.45, 7) is -0.537. The summed E-state index contributed by atoms with van der Waals surface area (Å²) in [6, 6.07) is 0. The minimum atomic E-state index is -2.63. The molecule has 0 heterocycles. The van der Waals surface area contributed by atoms with E-state index >= 15 is 0 Å². The third kappa shape index (κ3) is 9.96. The smallest absolute Gasteiger partial charge is 0.0512 e. The molecule has 0 aliphatic rings. The molecule has 0 fully saturated rings. The van der Waals surface area contributed by atoms with Crippen LogP contribution in [-0.4, -0.2) is 11.2 Å². The third-order valence-corrected chi connectivity index (χ3v) is 1.62. The summed E-state index contributed by atoms with van der Waals surface area (Å²) in [6.07, 6.45) is 0.993. The van der Waals surface area contributed by atoms with Gasteiger partial charge in [-0.05, 0) is 13.2 Å². The third-order valence-electron chi connectivity index (χ3n) is 1.62. The quantitative estimate of drug-likeness (QED) is 0.572. The predicted molar refractivity (Wildman–Crippen MR) is 49.7 cm³/mol. The van der Waals surface area contributed by atoms with Crippen LogP contribution in [0.5, 0.6) is 0 Å². The second-order valence-corrected chi connectivity index (χ2v) is 2.77. The van der Waals surface area contributed by atoms with Gasteiger partial charge in [-0.15, -0.1) is 0 Å². The van der Waals surface area contributed by atoms with Gasteiger partial charge >= 0.3 is 0 Å². The fourth-order valence-corrected chi connectivity index (χ4v) is 0.967. The molecule has 0 bridgehead atoms. The Balaban J connectivity index is 3.95. The maximum atomic E-state index is 9.38. The van der Waals surface area contributed by atoms with Gasteiger partial charge in [0.1, 0.15) is 0 Å². The highest BCUT2D eigenvalue weighted by Gasteiger charge is 1.94. The van der Waals surface area contributed by atoms with Crippen molar-refractivity contribution in [2.75, 3.05) is 0 Å². The molecule has 0 aromatic heterocycles. The van der Waals surface area contributed by atoms with E-state index in [1.165, 1.54) is 0 Å². The highest BCUT2D eigenvalue weighted by atomic mass is 16.3. The lowest BCUT2D eigenvalue weighted by molar-refractivity contribution is 0.180. The van der Waals surface area contributed by atoms with Gasteiger partial charge in [-0.1, -0.05) is 45.4 Å².